The molecule has 0 aliphatic carbocycles. The molecule has 0 spiro atoms. The molecule has 18 heavy (non-hydrogen) atoms. The molecule has 5 nitrogen and oxygen atoms in total. The van der Waals surface area contributed by atoms with Gasteiger partial charge in [0, 0.05) is 19.2 Å². The molecule has 1 aliphatic heterocycles. The van der Waals surface area contributed by atoms with Crippen molar-refractivity contribution in [2.45, 2.75) is 19.3 Å². The van der Waals surface area contributed by atoms with Gasteiger partial charge in [0.2, 0.25) is 0 Å². The highest BCUT2D eigenvalue weighted by molar-refractivity contribution is 6.33. The van der Waals surface area contributed by atoms with E-state index in [2.05, 4.69) is 4.90 Å². The van der Waals surface area contributed by atoms with Crippen LogP contribution in [-0.4, -0.2) is 18.0 Å². The smallest absolute Gasteiger partial charge is 0.288 e. The molecule has 1 heterocycles. The maximum absolute atomic E-state index is 10.8. The summed E-state index contributed by atoms with van der Waals surface area (Å²) in [5, 5.41) is 20.1. The Morgan fingerprint density at radius 1 is 1.33 bits per heavy atom. The van der Waals surface area contributed by atoms with E-state index in [1.54, 1.807) is 0 Å². The first-order valence-corrected chi connectivity index (χ1v) is 6.14. The fourth-order valence-electron chi connectivity index (χ4n) is 2.17. The monoisotopic (exact) mass is 265 g/mol. The van der Waals surface area contributed by atoms with E-state index in [1.807, 2.05) is 6.07 Å². The molecule has 0 amide bonds. The fraction of sp³-hybridized carbons (Fsp3) is 0.417. The maximum Gasteiger partial charge on any atom is 0.288 e. The Morgan fingerprint density at radius 2 is 2.00 bits per heavy atom. The molecule has 0 atom stereocenters. The van der Waals surface area contributed by atoms with Gasteiger partial charge < -0.3 is 4.90 Å². The van der Waals surface area contributed by atoms with Crippen LogP contribution < -0.4 is 4.90 Å². The zero-order chi connectivity index (χ0) is 13.1. The van der Waals surface area contributed by atoms with Crippen LogP contribution in [0.2, 0.25) is 5.02 Å². The SMILES string of the molecule is N#Cc1cc(N2CCCCC2)c(Cl)cc1[N+](=O)[O-]. The Hall–Kier alpha value is -1.80. The van der Waals surface area contributed by atoms with Crippen LogP contribution in [-0.2, 0) is 0 Å². The highest BCUT2D eigenvalue weighted by Crippen LogP contribution is 2.34. The average Bonchev–Trinajstić information content (AvgIpc) is 2.39. The third kappa shape index (κ3) is 2.39. The van der Waals surface area contributed by atoms with Crippen molar-refractivity contribution in [3.8, 4) is 6.07 Å². The zero-order valence-electron chi connectivity index (χ0n) is 9.73. The molecular weight excluding hydrogens is 254 g/mol. The summed E-state index contributed by atoms with van der Waals surface area (Å²) in [4.78, 5) is 12.3. The molecule has 1 saturated heterocycles. The number of nitriles is 1. The lowest BCUT2D eigenvalue weighted by Crippen LogP contribution is -2.29. The van der Waals surface area contributed by atoms with Crippen molar-refractivity contribution < 1.29 is 4.92 Å². The molecule has 1 aliphatic rings. The van der Waals surface area contributed by atoms with Crippen molar-refractivity contribution >= 4 is 23.0 Å². The summed E-state index contributed by atoms with van der Waals surface area (Å²) >= 11 is 6.08. The normalized spacial score (nSPS) is 15.2. The number of halogens is 1. The molecule has 0 radical (unpaired) electrons. The Kier molecular flexibility index (Phi) is 3.68. The number of anilines is 1. The van der Waals surface area contributed by atoms with E-state index < -0.39 is 4.92 Å². The predicted octanol–water partition coefficient (Wildman–Crippen LogP) is 3.11. The molecule has 6 heteroatoms. The number of piperidine rings is 1. The maximum atomic E-state index is 10.8. The van der Waals surface area contributed by atoms with Crippen molar-refractivity contribution in [2.75, 3.05) is 18.0 Å². The first-order valence-electron chi connectivity index (χ1n) is 5.76. The van der Waals surface area contributed by atoms with Crippen LogP contribution in [0.4, 0.5) is 11.4 Å². The number of hydrogen-bond donors (Lipinski definition) is 0. The van der Waals surface area contributed by atoms with E-state index in [1.165, 1.54) is 18.6 Å². The summed E-state index contributed by atoms with van der Waals surface area (Å²) < 4.78 is 0. The minimum absolute atomic E-state index is 0.0602. The molecule has 94 valence electrons. The van der Waals surface area contributed by atoms with Crippen LogP contribution in [0.15, 0.2) is 12.1 Å². The molecular formula is C12H12ClN3O2. The highest BCUT2D eigenvalue weighted by Gasteiger charge is 2.21. The van der Waals surface area contributed by atoms with Crippen molar-refractivity contribution in [3.05, 3.63) is 32.8 Å². The Morgan fingerprint density at radius 3 is 2.56 bits per heavy atom. The van der Waals surface area contributed by atoms with Crippen LogP contribution in [0, 0.1) is 21.4 Å². The first-order chi connectivity index (χ1) is 8.63. The van der Waals surface area contributed by atoms with Gasteiger partial charge in [0.15, 0.2) is 0 Å². The van der Waals surface area contributed by atoms with E-state index in [9.17, 15) is 10.1 Å². The fourth-order valence-corrected chi connectivity index (χ4v) is 2.45. The van der Waals surface area contributed by atoms with Gasteiger partial charge >= 0.3 is 0 Å². The van der Waals surface area contributed by atoms with E-state index in [4.69, 9.17) is 16.9 Å². The van der Waals surface area contributed by atoms with Gasteiger partial charge in [-0.2, -0.15) is 5.26 Å². The van der Waals surface area contributed by atoms with E-state index in [-0.39, 0.29) is 11.3 Å². The second-order valence-electron chi connectivity index (χ2n) is 4.24. The lowest BCUT2D eigenvalue weighted by atomic mass is 10.1. The summed E-state index contributed by atoms with van der Waals surface area (Å²) in [7, 11) is 0. The summed E-state index contributed by atoms with van der Waals surface area (Å²) in [6, 6.07) is 4.64. The zero-order valence-corrected chi connectivity index (χ0v) is 10.5. The minimum Gasteiger partial charge on any atom is -0.370 e. The van der Waals surface area contributed by atoms with Crippen molar-refractivity contribution in [1.82, 2.24) is 0 Å². The molecule has 0 aromatic heterocycles. The van der Waals surface area contributed by atoms with Gasteiger partial charge in [-0.15, -0.1) is 0 Å². The molecule has 1 fully saturated rings. The van der Waals surface area contributed by atoms with Crippen LogP contribution in [0.3, 0.4) is 0 Å². The largest absolute Gasteiger partial charge is 0.370 e. The molecule has 1 aromatic rings. The van der Waals surface area contributed by atoms with Crippen LogP contribution >= 0.6 is 11.6 Å². The average molecular weight is 266 g/mol. The van der Waals surface area contributed by atoms with Gasteiger partial charge in [-0.25, -0.2) is 0 Å². The van der Waals surface area contributed by atoms with Crippen LogP contribution in [0.25, 0.3) is 0 Å². The summed E-state index contributed by atoms with van der Waals surface area (Å²) in [6.07, 6.45) is 3.34. The van der Waals surface area contributed by atoms with Gasteiger partial charge in [-0.05, 0) is 25.3 Å². The minimum atomic E-state index is -0.579. The topological polar surface area (TPSA) is 70.2 Å². The summed E-state index contributed by atoms with van der Waals surface area (Å²) in [5.74, 6) is 0. The van der Waals surface area contributed by atoms with Gasteiger partial charge in [0.05, 0.1) is 15.6 Å². The third-order valence-corrected chi connectivity index (χ3v) is 3.38. The molecule has 0 N–H and O–H groups in total. The number of hydrogen-bond acceptors (Lipinski definition) is 4. The Labute approximate surface area is 110 Å². The van der Waals surface area contributed by atoms with Crippen LogP contribution in [0.1, 0.15) is 24.8 Å². The quantitative estimate of drug-likeness (QED) is 0.608. The van der Waals surface area contributed by atoms with Gasteiger partial charge in [-0.1, -0.05) is 11.6 Å². The number of nitrogens with zero attached hydrogens (tertiary/aromatic N) is 3. The molecule has 0 saturated carbocycles. The summed E-state index contributed by atoms with van der Waals surface area (Å²) in [6.45, 7) is 1.75. The first kappa shape index (κ1) is 12.7. The molecule has 1 aromatic carbocycles. The number of nitro groups is 1. The van der Waals surface area contributed by atoms with Gasteiger partial charge in [0.25, 0.3) is 5.69 Å². The summed E-state index contributed by atoms with van der Waals surface area (Å²) in [5.41, 5.74) is 0.548. The van der Waals surface area contributed by atoms with Crippen molar-refractivity contribution in [1.29, 1.82) is 5.26 Å². The standard InChI is InChI=1S/C12H12ClN3O2/c13-10-7-11(16(17)18)9(8-14)6-12(10)15-4-2-1-3-5-15/h6-7H,1-5H2. The van der Waals surface area contributed by atoms with Crippen LogP contribution in [0.5, 0.6) is 0 Å². The van der Waals surface area contributed by atoms with Crippen molar-refractivity contribution in [3.63, 3.8) is 0 Å². The predicted molar refractivity (Wildman–Crippen MR) is 68.9 cm³/mol. The molecule has 2 rings (SSSR count). The highest BCUT2D eigenvalue weighted by atomic mass is 35.5. The number of nitro benzene ring substituents is 1. The second-order valence-corrected chi connectivity index (χ2v) is 4.64. The number of rotatable bonds is 2. The van der Waals surface area contributed by atoms with E-state index in [0.29, 0.717) is 5.02 Å². The number of benzene rings is 1. The lowest BCUT2D eigenvalue weighted by Gasteiger charge is -2.29. The van der Waals surface area contributed by atoms with E-state index >= 15 is 0 Å². The van der Waals surface area contributed by atoms with E-state index in [0.717, 1.165) is 31.6 Å². The Balaban J connectivity index is 2.43. The Bertz CT molecular complexity index is 519. The molecule has 0 bridgehead atoms. The van der Waals surface area contributed by atoms with Gasteiger partial charge in [0.1, 0.15) is 11.6 Å². The second kappa shape index (κ2) is 5.23. The van der Waals surface area contributed by atoms with Gasteiger partial charge in [-0.3, -0.25) is 10.1 Å². The lowest BCUT2D eigenvalue weighted by molar-refractivity contribution is -0.385. The van der Waals surface area contributed by atoms with Crippen molar-refractivity contribution in [2.24, 2.45) is 0 Å². The molecule has 0 unspecified atom stereocenters. The third-order valence-electron chi connectivity index (χ3n) is 3.08.